The SMILES string of the molecule is C[C@H]1CN(C2=NC(=O)/C(=C/c3ccc(Cl)cc3Cl)S2)C[C@H](C)O1. The fourth-order valence-electron chi connectivity index (χ4n) is 2.63. The Labute approximate surface area is 149 Å². The minimum atomic E-state index is -0.234. The van der Waals surface area contributed by atoms with Gasteiger partial charge in [-0.1, -0.05) is 29.3 Å². The predicted octanol–water partition coefficient (Wildman–Crippen LogP) is 4.07. The van der Waals surface area contributed by atoms with Gasteiger partial charge in [0.1, 0.15) is 0 Å². The van der Waals surface area contributed by atoms with Crippen LogP contribution in [0.2, 0.25) is 10.0 Å². The van der Waals surface area contributed by atoms with Gasteiger partial charge in [0, 0.05) is 23.1 Å². The van der Waals surface area contributed by atoms with Crippen molar-refractivity contribution in [3.63, 3.8) is 0 Å². The zero-order chi connectivity index (χ0) is 16.6. The summed E-state index contributed by atoms with van der Waals surface area (Å²) in [5.41, 5.74) is 0.757. The molecule has 23 heavy (non-hydrogen) atoms. The third kappa shape index (κ3) is 3.91. The molecule has 1 amide bonds. The molecular formula is C16H16Cl2N2O2S. The van der Waals surface area contributed by atoms with E-state index in [2.05, 4.69) is 9.89 Å². The molecule has 2 aliphatic rings. The lowest BCUT2D eigenvalue weighted by Crippen LogP contribution is -2.47. The standard InChI is InChI=1S/C16H16Cl2N2O2S/c1-9-7-20(8-10(2)22-9)16-19-15(21)14(23-16)5-11-3-4-12(17)6-13(11)18/h3-6,9-10H,7-8H2,1-2H3/b14-5-/t9-,10-/m0/s1. The van der Waals surface area contributed by atoms with Crippen molar-refractivity contribution in [2.24, 2.45) is 4.99 Å². The molecule has 1 aromatic rings. The molecule has 0 saturated carbocycles. The molecule has 1 fully saturated rings. The summed E-state index contributed by atoms with van der Waals surface area (Å²) >= 11 is 13.4. The molecule has 122 valence electrons. The maximum atomic E-state index is 12.2. The lowest BCUT2D eigenvalue weighted by atomic mass is 10.2. The van der Waals surface area contributed by atoms with Gasteiger partial charge in [0.05, 0.1) is 17.1 Å². The van der Waals surface area contributed by atoms with Crippen LogP contribution in [0.1, 0.15) is 19.4 Å². The minimum Gasteiger partial charge on any atom is -0.372 e. The van der Waals surface area contributed by atoms with Crippen LogP contribution in [0.5, 0.6) is 0 Å². The molecule has 0 N–H and O–H groups in total. The van der Waals surface area contributed by atoms with Crippen molar-refractivity contribution in [1.82, 2.24) is 4.90 Å². The summed E-state index contributed by atoms with van der Waals surface area (Å²) in [4.78, 5) is 19.0. The molecular weight excluding hydrogens is 355 g/mol. The van der Waals surface area contributed by atoms with E-state index < -0.39 is 0 Å². The topological polar surface area (TPSA) is 41.9 Å². The first-order chi connectivity index (χ1) is 10.9. The first kappa shape index (κ1) is 16.8. The number of morpholine rings is 1. The molecule has 0 unspecified atom stereocenters. The maximum Gasteiger partial charge on any atom is 0.286 e. The second-order valence-electron chi connectivity index (χ2n) is 5.64. The third-order valence-electron chi connectivity index (χ3n) is 3.55. The Morgan fingerprint density at radius 2 is 2.00 bits per heavy atom. The van der Waals surface area contributed by atoms with Crippen molar-refractivity contribution in [3.8, 4) is 0 Å². The van der Waals surface area contributed by atoms with Crippen LogP contribution in [0.3, 0.4) is 0 Å². The van der Waals surface area contributed by atoms with Gasteiger partial charge in [-0.05, 0) is 49.4 Å². The average Bonchev–Trinajstić information content (AvgIpc) is 2.82. The van der Waals surface area contributed by atoms with E-state index in [0.717, 1.165) is 23.8 Å². The molecule has 4 nitrogen and oxygen atoms in total. The summed E-state index contributed by atoms with van der Waals surface area (Å²) in [6.45, 7) is 5.51. The number of thioether (sulfide) groups is 1. The Kier molecular flexibility index (Phi) is 5.01. The second-order valence-corrected chi connectivity index (χ2v) is 7.49. The van der Waals surface area contributed by atoms with Gasteiger partial charge in [0.15, 0.2) is 5.17 Å². The van der Waals surface area contributed by atoms with Gasteiger partial charge < -0.3 is 9.64 Å². The monoisotopic (exact) mass is 370 g/mol. The molecule has 3 rings (SSSR count). The highest BCUT2D eigenvalue weighted by atomic mass is 35.5. The molecule has 1 aromatic carbocycles. The number of aliphatic imine (C=N–C) groups is 1. The highest BCUT2D eigenvalue weighted by Gasteiger charge is 2.31. The fourth-order valence-corrected chi connectivity index (χ4v) is 4.01. The molecule has 2 atom stereocenters. The number of nitrogens with zero attached hydrogens (tertiary/aromatic N) is 2. The van der Waals surface area contributed by atoms with Crippen molar-refractivity contribution >= 4 is 52.1 Å². The third-order valence-corrected chi connectivity index (χ3v) is 5.16. The van der Waals surface area contributed by atoms with Crippen molar-refractivity contribution in [2.75, 3.05) is 13.1 Å². The number of amides is 1. The summed E-state index contributed by atoms with van der Waals surface area (Å²) < 4.78 is 5.72. The van der Waals surface area contributed by atoms with E-state index in [1.54, 1.807) is 24.3 Å². The summed E-state index contributed by atoms with van der Waals surface area (Å²) in [5, 5.41) is 1.81. The van der Waals surface area contributed by atoms with E-state index in [1.165, 1.54) is 11.8 Å². The predicted molar refractivity (Wildman–Crippen MR) is 96.1 cm³/mol. The van der Waals surface area contributed by atoms with Gasteiger partial charge in [-0.2, -0.15) is 4.99 Å². The molecule has 0 bridgehead atoms. The first-order valence-corrected chi connectivity index (χ1v) is 8.87. The van der Waals surface area contributed by atoms with E-state index in [4.69, 9.17) is 27.9 Å². The Morgan fingerprint density at radius 3 is 2.65 bits per heavy atom. The number of halogens is 2. The Morgan fingerprint density at radius 1 is 1.30 bits per heavy atom. The van der Waals surface area contributed by atoms with E-state index in [0.29, 0.717) is 15.0 Å². The number of benzene rings is 1. The van der Waals surface area contributed by atoms with Crippen LogP contribution in [-0.4, -0.2) is 41.3 Å². The second kappa shape index (κ2) is 6.85. The number of carbonyl (C=O) groups is 1. The number of rotatable bonds is 1. The zero-order valence-electron chi connectivity index (χ0n) is 12.8. The van der Waals surface area contributed by atoms with Gasteiger partial charge in [0.25, 0.3) is 5.91 Å². The molecule has 2 aliphatic heterocycles. The highest BCUT2D eigenvalue weighted by Crippen LogP contribution is 2.33. The van der Waals surface area contributed by atoms with Crippen LogP contribution in [0, 0.1) is 0 Å². The Balaban J connectivity index is 1.78. The van der Waals surface area contributed by atoms with Gasteiger partial charge in [0.2, 0.25) is 0 Å². The highest BCUT2D eigenvalue weighted by molar-refractivity contribution is 8.18. The molecule has 1 saturated heterocycles. The molecule has 0 spiro atoms. The smallest absolute Gasteiger partial charge is 0.286 e. The first-order valence-electron chi connectivity index (χ1n) is 7.30. The number of carbonyl (C=O) groups excluding carboxylic acids is 1. The van der Waals surface area contributed by atoms with Crippen molar-refractivity contribution in [2.45, 2.75) is 26.1 Å². The number of amidine groups is 1. The molecule has 7 heteroatoms. The van der Waals surface area contributed by atoms with Crippen LogP contribution in [-0.2, 0) is 9.53 Å². The molecule has 0 radical (unpaired) electrons. The van der Waals surface area contributed by atoms with Gasteiger partial charge in [-0.15, -0.1) is 0 Å². The van der Waals surface area contributed by atoms with E-state index >= 15 is 0 Å². The lowest BCUT2D eigenvalue weighted by Gasteiger charge is -2.35. The summed E-state index contributed by atoms with van der Waals surface area (Å²) in [6.07, 6.45) is 2.00. The van der Waals surface area contributed by atoms with Gasteiger partial charge in [-0.3, -0.25) is 4.79 Å². The quantitative estimate of drug-likeness (QED) is 0.698. The van der Waals surface area contributed by atoms with Crippen molar-refractivity contribution in [3.05, 3.63) is 38.7 Å². The van der Waals surface area contributed by atoms with Gasteiger partial charge in [-0.25, -0.2) is 0 Å². The minimum absolute atomic E-state index is 0.121. The van der Waals surface area contributed by atoms with Crippen LogP contribution in [0.4, 0.5) is 0 Å². The van der Waals surface area contributed by atoms with Crippen LogP contribution < -0.4 is 0 Å². The average molecular weight is 371 g/mol. The van der Waals surface area contributed by atoms with E-state index in [-0.39, 0.29) is 18.1 Å². The Hall–Kier alpha value is -1.01. The Bertz CT molecular complexity index is 695. The number of ether oxygens (including phenoxy) is 1. The largest absolute Gasteiger partial charge is 0.372 e. The van der Waals surface area contributed by atoms with E-state index in [9.17, 15) is 4.79 Å². The summed E-state index contributed by atoms with van der Waals surface area (Å²) in [5.74, 6) is -0.234. The number of hydrogen-bond donors (Lipinski definition) is 0. The fraction of sp³-hybridized carbons (Fsp3) is 0.375. The number of hydrogen-bond acceptors (Lipinski definition) is 4. The lowest BCUT2D eigenvalue weighted by molar-refractivity contribution is -0.113. The zero-order valence-corrected chi connectivity index (χ0v) is 15.1. The summed E-state index contributed by atoms with van der Waals surface area (Å²) in [7, 11) is 0. The van der Waals surface area contributed by atoms with Crippen molar-refractivity contribution in [1.29, 1.82) is 0 Å². The van der Waals surface area contributed by atoms with E-state index in [1.807, 2.05) is 13.8 Å². The summed E-state index contributed by atoms with van der Waals surface area (Å²) in [6, 6.07) is 5.20. The molecule has 0 aromatic heterocycles. The maximum absolute atomic E-state index is 12.2. The van der Waals surface area contributed by atoms with Crippen LogP contribution >= 0.6 is 35.0 Å². The molecule has 2 heterocycles. The van der Waals surface area contributed by atoms with Crippen LogP contribution in [0.25, 0.3) is 6.08 Å². The van der Waals surface area contributed by atoms with Gasteiger partial charge >= 0.3 is 0 Å². The van der Waals surface area contributed by atoms with Crippen LogP contribution in [0.15, 0.2) is 28.1 Å². The normalized spacial score (nSPS) is 26.8. The van der Waals surface area contributed by atoms with Crippen molar-refractivity contribution < 1.29 is 9.53 Å². The molecule has 0 aliphatic carbocycles.